The van der Waals surface area contributed by atoms with Gasteiger partial charge in [0.25, 0.3) is 0 Å². The van der Waals surface area contributed by atoms with Crippen LogP contribution in [0.2, 0.25) is 5.15 Å². The number of carbonyl (C=O) groups is 1. The number of hydrogen-bond acceptors (Lipinski definition) is 5. The van der Waals surface area contributed by atoms with E-state index in [0.29, 0.717) is 5.56 Å². The van der Waals surface area contributed by atoms with E-state index in [1.54, 1.807) is 18.3 Å². The predicted molar refractivity (Wildman–Crippen MR) is 56.1 cm³/mol. The van der Waals surface area contributed by atoms with Gasteiger partial charge in [0.1, 0.15) is 11.4 Å². The first kappa shape index (κ1) is 10.6. The monoisotopic (exact) mass is 238 g/mol. The second-order valence-corrected chi connectivity index (χ2v) is 3.23. The summed E-state index contributed by atoms with van der Waals surface area (Å²) in [5, 5.41) is 0.265. The minimum absolute atomic E-state index is 0.0948. The summed E-state index contributed by atoms with van der Waals surface area (Å²) in [5.74, 6) is -0.325. The van der Waals surface area contributed by atoms with Gasteiger partial charge in [-0.1, -0.05) is 11.6 Å². The first-order chi connectivity index (χ1) is 7.72. The summed E-state index contributed by atoms with van der Waals surface area (Å²) in [7, 11) is 1.27. The van der Waals surface area contributed by atoms with Gasteiger partial charge < -0.3 is 9.15 Å². The molecule has 0 aromatic carbocycles. The van der Waals surface area contributed by atoms with Gasteiger partial charge in [0.15, 0.2) is 5.69 Å². The van der Waals surface area contributed by atoms with Crippen molar-refractivity contribution in [3.63, 3.8) is 0 Å². The fraction of sp³-hybridized carbons (Fsp3) is 0.100. The number of hydrogen-bond donors (Lipinski definition) is 0. The van der Waals surface area contributed by atoms with E-state index in [4.69, 9.17) is 16.0 Å². The van der Waals surface area contributed by atoms with E-state index in [1.165, 1.54) is 13.4 Å². The molecule has 0 radical (unpaired) electrons. The summed E-state index contributed by atoms with van der Waals surface area (Å²) in [4.78, 5) is 19.0. The Morgan fingerprint density at radius 1 is 1.56 bits per heavy atom. The first-order valence-corrected chi connectivity index (χ1v) is 4.75. The molecule has 2 heterocycles. The largest absolute Gasteiger partial charge is 0.464 e. The summed E-state index contributed by atoms with van der Waals surface area (Å²) in [6.45, 7) is 0. The normalized spacial score (nSPS) is 10.1. The highest BCUT2D eigenvalue weighted by atomic mass is 35.5. The van der Waals surface area contributed by atoms with Crippen LogP contribution in [0.3, 0.4) is 0 Å². The van der Waals surface area contributed by atoms with Gasteiger partial charge in [-0.05, 0) is 12.1 Å². The molecule has 2 rings (SSSR count). The number of halogens is 1. The molecule has 5 nitrogen and oxygen atoms in total. The van der Waals surface area contributed by atoms with Crippen molar-refractivity contribution < 1.29 is 13.9 Å². The summed E-state index contributed by atoms with van der Waals surface area (Å²) in [6.07, 6.45) is 2.76. The Labute approximate surface area is 96.0 Å². The van der Waals surface area contributed by atoms with Crippen LogP contribution in [-0.4, -0.2) is 23.0 Å². The molecular formula is C10H7ClN2O3. The molecular weight excluding hydrogens is 232 g/mol. The van der Waals surface area contributed by atoms with Crippen LogP contribution in [0.5, 0.6) is 0 Å². The molecule has 0 atom stereocenters. The van der Waals surface area contributed by atoms with Crippen LogP contribution in [0.25, 0.3) is 11.5 Å². The molecule has 0 N–H and O–H groups in total. The molecule has 16 heavy (non-hydrogen) atoms. The van der Waals surface area contributed by atoms with Crippen molar-refractivity contribution in [1.29, 1.82) is 0 Å². The van der Waals surface area contributed by atoms with Crippen molar-refractivity contribution in [1.82, 2.24) is 9.97 Å². The van der Waals surface area contributed by atoms with Gasteiger partial charge in [0.2, 0.25) is 5.89 Å². The maximum Gasteiger partial charge on any atom is 0.360 e. The molecule has 0 saturated carbocycles. The molecule has 0 fully saturated rings. The van der Waals surface area contributed by atoms with E-state index < -0.39 is 5.97 Å². The summed E-state index contributed by atoms with van der Waals surface area (Å²) in [6, 6.07) is 3.39. The highest BCUT2D eigenvalue weighted by Crippen LogP contribution is 2.24. The van der Waals surface area contributed by atoms with E-state index in [1.807, 2.05) is 0 Å². The van der Waals surface area contributed by atoms with Crippen molar-refractivity contribution in [2.75, 3.05) is 7.11 Å². The molecule has 0 saturated heterocycles. The number of carbonyl (C=O) groups excluding carboxylic acids is 1. The van der Waals surface area contributed by atoms with E-state index in [9.17, 15) is 4.79 Å². The number of rotatable bonds is 2. The zero-order chi connectivity index (χ0) is 11.5. The first-order valence-electron chi connectivity index (χ1n) is 4.37. The molecule has 6 heteroatoms. The number of nitrogens with zero attached hydrogens (tertiary/aromatic N) is 2. The van der Waals surface area contributed by atoms with Gasteiger partial charge >= 0.3 is 5.97 Å². The minimum Gasteiger partial charge on any atom is -0.464 e. The fourth-order valence-electron chi connectivity index (χ4n) is 1.14. The molecule has 0 aliphatic heterocycles. The Kier molecular flexibility index (Phi) is 2.87. The Bertz CT molecular complexity index is 524. The predicted octanol–water partition coefficient (Wildman–Crippen LogP) is 2.18. The minimum atomic E-state index is -0.560. The van der Waals surface area contributed by atoms with Crippen molar-refractivity contribution in [3.8, 4) is 11.5 Å². The van der Waals surface area contributed by atoms with Crippen molar-refractivity contribution in [2.45, 2.75) is 0 Å². The topological polar surface area (TPSA) is 65.2 Å². The lowest BCUT2D eigenvalue weighted by molar-refractivity contribution is 0.0594. The molecule has 0 bridgehead atoms. The number of oxazole rings is 1. The molecule has 2 aromatic heterocycles. The quantitative estimate of drug-likeness (QED) is 0.593. The average Bonchev–Trinajstić information content (AvgIpc) is 2.78. The average molecular weight is 239 g/mol. The summed E-state index contributed by atoms with van der Waals surface area (Å²) in [5.41, 5.74) is 0.622. The number of ether oxygens (including phenoxy) is 1. The van der Waals surface area contributed by atoms with Crippen molar-refractivity contribution >= 4 is 17.6 Å². The van der Waals surface area contributed by atoms with Gasteiger partial charge in [0, 0.05) is 6.20 Å². The molecule has 0 aliphatic rings. The third kappa shape index (κ3) is 1.90. The lowest BCUT2D eigenvalue weighted by Gasteiger charge is -1.96. The van der Waals surface area contributed by atoms with Crippen LogP contribution < -0.4 is 0 Å². The standard InChI is InChI=1S/C10H7ClN2O3/c1-15-10(14)7-5-16-9(13-7)6-3-2-4-12-8(6)11/h2-5H,1H3. The zero-order valence-corrected chi connectivity index (χ0v) is 9.06. The molecule has 0 unspecified atom stereocenters. The van der Waals surface area contributed by atoms with Crippen LogP contribution in [0.1, 0.15) is 10.5 Å². The van der Waals surface area contributed by atoms with E-state index in [2.05, 4.69) is 14.7 Å². The third-order valence-corrected chi connectivity index (χ3v) is 2.19. The Morgan fingerprint density at radius 3 is 3.06 bits per heavy atom. The third-order valence-electron chi connectivity index (χ3n) is 1.89. The van der Waals surface area contributed by atoms with Gasteiger partial charge in [-0.25, -0.2) is 14.8 Å². The molecule has 0 spiro atoms. The van der Waals surface area contributed by atoms with Gasteiger partial charge in [-0.2, -0.15) is 0 Å². The van der Waals surface area contributed by atoms with Crippen LogP contribution in [0.4, 0.5) is 0 Å². The number of aromatic nitrogens is 2. The van der Waals surface area contributed by atoms with E-state index >= 15 is 0 Å². The SMILES string of the molecule is COC(=O)c1coc(-c2cccnc2Cl)n1. The van der Waals surface area contributed by atoms with Crippen molar-refractivity contribution in [2.24, 2.45) is 0 Å². The van der Waals surface area contributed by atoms with Crippen LogP contribution in [0.15, 0.2) is 29.0 Å². The van der Waals surface area contributed by atoms with E-state index in [0.717, 1.165) is 0 Å². The molecule has 0 aliphatic carbocycles. The highest BCUT2D eigenvalue weighted by molar-refractivity contribution is 6.31. The van der Waals surface area contributed by atoms with Crippen molar-refractivity contribution in [3.05, 3.63) is 35.4 Å². The molecule has 82 valence electrons. The Hall–Kier alpha value is -1.88. The molecule has 0 amide bonds. The lowest BCUT2D eigenvalue weighted by atomic mass is 10.3. The number of pyridine rings is 1. The Balaban J connectivity index is 2.39. The van der Waals surface area contributed by atoms with Gasteiger partial charge in [-0.15, -0.1) is 0 Å². The second kappa shape index (κ2) is 4.32. The maximum absolute atomic E-state index is 11.1. The zero-order valence-electron chi connectivity index (χ0n) is 8.31. The Morgan fingerprint density at radius 2 is 2.38 bits per heavy atom. The van der Waals surface area contributed by atoms with Gasteiger partial charge in [-0.3, -0.25) is 0 Å². The fourth-order valence-corrected chi connectivity index (χ4v) is 1.34. The lowest BCUT2D eigenvalue weighted by Crippen LogP contribution is -2.00. The summed E-state index contributed by atoms with van der Waals surface area (Å²) < 4.78 is 9.62. The number of methoxy groups -OCH3 is 1. The van der Waals surface area contributed by atoms with E-state index in [-0.39, 0.29) is 16.7 Å². The highest BCUT2D eigenvalue weighted by Gasteiger charge is 2.15. The molecule has 2 aromatic rings. The van der Waals surface area contributed by atoms with Crippen LogP contribution in [-0.2, 0) is 4.74 Å². The van der Waals surface area contributed by atoms with Crippen LogP contribution in [0, 0.1) is 0 Å². The number of esters is 1. The summed E-state index contributed by atoms with van der Waals surface area (Å²) >= 11 is 5.85. The maximum atomic E-state index is 11.1. The van der Waals surface area contributed by atoms with Crippen LogP contribution >= 0.6 is 11.6 Å². The smallest absolute Gasteiger partial charge is 0.360 e. The second-order valence-electron chi connectivity index (χ2n) is 2.87. The van der Waals surface area contributed by atoms with Gasteiger partial charge in [0.05, 0.1) is 12.7 Å².